The standard InChI is InChI=1S/C15H20N2O/c1-17(11-13-8-10-18-12-13)9-7-15(16)14-5-3-2-4-6-14/h2-6,8,10,12,15H,7,9,11,16H2,1H3. The first-order valence-electron chi connectivity index (χ1n) is 6.26. The Kier molecular flexibility index (Phi) is 4.56. The molecule has 0 aliphatic heterocycles. The predicted octanol–water partition coefficient (Wildman–Crippen LogP) is 2.80. The second-order valence-electron chi connectivity index (χ2n) is 4.68. The van der Waals surface area contributed by atoms with Gasteiger partial charge in [0.2, 0.25) is 0 Å². The maximum atomic E-state index is 6.17. The molecule has 0 saturated heterocycles. The van der Waals surface area contributed by atoms with Crippen LogP contribution in [0.15, 0.2) is 53.3 Å². The van der Waals surface area contributed by atoms with E-state index in [1.165, 1.54) is 11.1 Å². The van der Waals surface area contributed by atoms with Crippen molar-refractivity contribution in [2.75, 3.05) is 13.6 Å². The van der Waals surface area contributed by atoms with E-state index in [1.54, 1.807) is 12.5 Å². The molecule has 96 valence electrons. The molecule has 0 spiro atoms. The van der Waals surface area contributed by atoms with E-state index in [0.29, 0.717) is 0 Å². The van der Waals surface area contributed by atoms with E-state index >= 15 is 0 Å². The minimum atomic E-state index is 0.109. The van der Waals surface area contributed by atoms with Gasteiger partial charge in [-0.05, 0) is 31.6 Å². The zero-order valence-corrected chi connectivity index (χ0v) is 10.8. The van der Waals surface area contributed by atoms with Gasteiger partial charge >= 0.3 is 0 Å². The molecule has 2 rings (SSSR count). The van der Waals surface area contributed by atoms with Crippen molar-refractivity contribution < 1.29 is 4.42 Å². The lowest BCUT2D eigenvalue weighted by atomic mass is 10.0. The van der Waals surface area contributed by atoms with Gasteiger partial charge in [0, 0.05) is 18.2 Å². The van der Waals surface area contributed by atoms with Gasteiger partial charge in [-0.3, -0.25) is 0 Å². The average Bonchev–Trinajstić information content (AvgIpc) is 2.90. The second kappa shape index (κ2) is 6.38. The van der Waals surface area contributed by atoms with Gasteiger partial charge in [0.1, 0.15) is 0 Å². The number of rotatable bonds is 6. The third kappa shape index (κ3) is 3.72. The molecule has 3 nitrogen and oxygen atoms in total. The fourth-order valence-electron chi connectivity index (χ4n) is 2.00. The Morgan fingerprint density at radius 1 is 1.22 bits per heavy atom. The zero-order valence-electron chi connectivity index (χ0n) is 10.8. The van der Waals surface area contributed by atoms with Crippen LogP contribution in [0.3, 0.4) is 0 Å². The maximum absolute atomic E-state index is 6.17. The fourth-order valence-corrected chi connectivity index (χ4v) is 2.00. The molecular formula is C15H20N2O. The summed E-state index contributed by atoms with van der Waals surface area (Å²) in [5, 5.41) is 0. The molecule has 0 fully saturated rings. The summed E-state index contributed by atoms with van der Waals surface area (Å²) in [6.45, 7) is 1.87. The first kappa shape index (κ1) is 12.9. The highest BCUT2D eigenvalue weighted by Crippen LogP contribution is 2.14. The summed E-state index contributed by atoms with van der Waals surface area (Å²) in [6.07, 6.45) is 4.45. The molecule has 0 radical (unpaired) electrons. The Morgan fingerprint density at radius 2 is 2.00 bits per heavy atom. The van der Waals surface area contributed by atoms with Gasteiger partial charge < -0.3 is 15.1 Å². The summed E-state index contributed by atoms with van der Waals surface area (Å²) in [5.41, 5.74) is 8.57. The van der Waals surface area contributed by atoms with E-state index in [2.05, 4.69) is 24.1 Å². The van der Waals surface area contributed by atoms with E-state index in [4.69, 9.17) is 10.2 Å². The van der Waals surface area contributed by atoms with Crippen molar-refractivity contribution >= 4 is 0 Å². The van der Waals surface area contributed by atoms with Crippen LogP contribution >= 0.6 is 0 Å². The summed E-state index contributed by atoms with van der Waals surface area (Å²) >= 11 is 0. The monoisotopic (exact) mass is 244 g/mol. The Bertz CT molecular complexity index is 439. The predicted molar refractivity (Wildman–Crippen MR) is 73.0 cm³/mol. The van der Waals surface area contributed by atoms with Crippen LogP contribution < -0.4 is 5.73 Å². The van der Waals surface area contributed by atoms with Gasteiger partial charge in [-0.25, -0.2) is 0 Å². The molecule has 1 aromatic carbocycles. The highest BCUT2D eigenvalue weighted by atomic mass is 16.3. The van der Waals surface area contributed by atoms with Crippen molar-refractivity contribution in [3.05, 3.63) is 60.1 Å². The van der Waals surface area contributed by atoms with Crippen molar-refractivity contribution in [3.8, 4) is 0 Å². The van der Waals surface area contributed by atoms with Crippen molar-refractivity contribution in [2.45, 2.75) is 19.0 Å². The molecular weight excluding hydrogens is 224 g/mol. The molecule has 1 aromatic heterocycles. The Morgan fingerprint density at radius 3 is 2.67 bits per heavy atom. The highest BCUT2D eigenvalue weighted by molar-refractivity contribution is 5.18. The van der Waals surface area contributed by atoms with E-state index in [-0.39, 0.29) is 6.04 Å². The van der Waals surface area contributed by atoms with E-state index in [1.807, 2.05) is 24.3 Å². The van der Waals surface area contributed by atoms with Gasteiger partial charge in [-0.2, -0.15) is 0 Å². The van der Waals surface area contributed by atoms with Crippen molar-refractivity contribution in [2.24, 2.45) is 5.73 Å². The molecule has 18 heavy (non-hydrogen) atoms. The third-order valence-corrected chi connectivity index (χ3v) is 3.08. The number of hydrogen-bond donors (Lipinski definition) is 1. The fraction of sp³-hybridized carbons (Fsp3) is 0.333. The SMILES string of the molecule is CN(CCC(N)c1ccccc1)Cc1ccoc1. The number of nitrogens with two attached hydrogens (primary N) is 1. The number of hydrogen-bond acceptors (Lipinski definition) is 3. The van der Waals surface area contributed by atoms with Crippen LogP contribution in [-0.2, 0) is 6.54 Å². The molecule has 2 aromatic rings. The molecule has 0 saturated carbocycles. The van der Waals surface area contributed by atoms with Crippen molar-refractivity contribution in [1.29, 1.82) is 0 Å². The average molecular weight is 244 g/mol. The van der Waals surface area contributed by atoms with Crippen LogP contribution in [0, 0.1) is 0 Å². The van der Waals surface area contributed by atoms with E-state index in [9.17, 15) is 0 Å². The summed E-state index contributed by atoms with van der Waals surface area (Å²) in [7, 11) is 2.10. The molecule has 3 heteroatoms. The molecule has 1 unspecified atom stereocenters. The molecule has 1 heterocycles. The molecule has 0 amide bonds. The zero-order chi connectivity index (χ0) is 12.8. The summed E-state index contributed by atoms with van der Waals surface area (Å²) in [6, 6.07) is 12.4. The number of benzene rings is 1. The van der Waals surface area contributed by atoms with Crippen LogP contribution in [0.25, 0.3) is 0 Å². The van der Waals surface area contributed by atoms with Gasteiger partial charge in [0.15, 0.2) is 0 Å². The normalized spacial score (nSPS) is 12.8. The summed E-state index contributed by atoms with van der Waals surface area (Å²) < 4.78 is 5.06. The molecule has 0 aliphatic rings. The smallest absolute Gasteiger partial charge is 0.0947 e. The third-order valence-electron chi connectivity index (χ3n) is 3.08. The first-order valence-corrected chi connectivity index (χ1v) is 6.26. The minimum Gasteiger partial charge on any atom is -0.472 e. The molecule has 1 atom stereocenters. The van der Waals surface area contributed by atoms with Crippen LogP contribution in [0.4, 0.5) is 0 Å². The lowest BCUT2D eigenvalue weighted by Crippen LogP contribution is -2.23. The Labute approximate surface area is 108 Å². The van der Waals surface area contributed by atoms with Crippen LogP contribution in [0.1, 0.15) is 23.6 Å². The lowest BCUT2D eigenvalue weighted by Gasteiger charge is -2.18. The van der Waals surface area contributed by atoms with E-state index in [0.717, 1.165) is 19.5 Å². The Hall–Kier alpha value is -1.58. The largest absolute Gasteiger partial charge is 0.472 e. The molecule has 0 bridgehead atoms. The molecule has 2 N–H and O–H groups in total. The highest BCUT2D eigenvalue weighted by Gasteiger charge is 2.07. The van der Waals surface area contributed by atoms with Crippen LogP contribution in [0.2, 0.25) is 0 Å². The first-order chi connectivity index (χ1) is 8.75. The van der Waals surface area contributed by atoms with Crippen LogP contribution in [0.5, 0.6) is 0 Å². The summed E-state index contributed by atoms with van der Waals surface area (Å²) in [4.78, 5) is 2.26. The van der Waals surface area contributed by atoms with Crippen LogP contribution in [-0.4, -0.2) is 18.5 Å². The number of furan rings is 1. The van der Waals surface area contributed by atoms with Gasteiger partial charge in [-0.15, -0.1) is 0 Å². The lowest BCUT2D eigenvalue weighted by molar-refractivity contribution is 0.310. The van der Waals surface area contributed by atoms with Crippen molar-refractivity contribution in [3.63, 3.8) is 0 Å². The maximum Gasteiger partial charge on any atom is 0.0947 e. The second-order valence-corrected chi connectivity index (χ2v) is 4.68. The summed E-state index contributed by atoms with van der Waals surface area (Å²) in [5.74, 6) is 0. The van der Waals surface area contributed by atoms with Gasteiger partial charge in [0.05, 0.1) is 12.5 Å². The van der Waals surface area contributed by atoms with Crippen molar-refractivity contribution in [1.82, 2.24) is 4.90 Å². The number of nitrogens with zero attached hydrogens (tertiary/aromatic N) is 1. The topological polar surface area (TPSA) is 42.4 Å². The van der Waals surface area contributed by atoms with Gasteiger partial charge in [-0.1, -0.05) is 30.3 Å². The quantitative estimate of drug-likeness (QED) is 0.849. The van der Waals surface area contributed by atoms with E-state index < -0.39 is 0 Å². The molecule has 0 aliphatic carbocycles. The Balaban J connectivity index is 1.77. The minimum absolute atomic E-state index is 0.109. The van der Waals surface area contributed by atoms with Gasteiger partial charge in [0.25, 0.3) is 0 Å².